The van der Waals surface area contributed by atoms with Gasteiger partial charge in [0.15, 0.2) is 0 Å². The monoisotopic (exact) mass is 549 g/mol. The molecule has 2 aromatic heterocycles. The van der Waals surface area contributed by atoms with Crippen LogP contribution in [0.5, 0.6) is 0 Å². The average Bonchev–Trinajstić information content (AvgIpc) is 2.83. The second-order valence-electron chi connectivity index (χ2n) is 7.90. The van der Waals surface area contributed by atoms with Crippen LogP contribution in [0.1, 0.15) is 6.92 Å². The highest BCUT2D eigenvalue weighted by Gasteiger charge is 2.18. The van der Waals surface area contributed by atoms with Crippen LogP contribution in [0, 0.1) is 0 Å². The number of anilines is 3. The van der Waals surface area contributed by atoms with Crippen molar-refractivity contribution in [3.05, 3.63) is 22.4 Å². The van der Waals surface area contributed by atoms with Crippen LogP contribution in [0.15, 0.2) is 17.3 Å². The van der Waals surface area contributed by atoms with Crippen LogP contribution < -0.4 is 15.1 Å². The molecule has 2 aliphatic rings. The maximum absolute atomic E-state index is 11.4. The van der Waals surface area contributed by atoms with E-state index in [1.807, 2.05) is 4.90 Å². The first-order valence-corrected chi connectivity index (χ1v) is 13.6. The summed E-state index contributed by atoms with van der Waals surface area (Å²) >= 11 is 11.8. The number of nitrogens with zero attached hydrogens (tertiary/aromatic N) is 6. The molecule has 0 unspecified atom stereocenters. The Bertz CT molecular complexity index is 1080. The van der Waals surface area contributed by atoms with Crippen LogP contribution in [0.4, 0.5) is 17.6 Å². The number of hydrogen-bond donors (Lipinski definition) is 2. The molecule has 15 heteroatoms. The van der Waals surface area contributed by atoms with Gasteiger partial charge in [-0.05, 0) is 6.92 Å². The molecule has 12 nitrogen and oxygen atoms in total. The van der Waals surface area contributed by atoms with Crippen molar-refractivity contribution in [2.75, 3.05) is 80.5 Å². The Morgan fingerprint density at radius 3 is 1.91 bits per heavy atom. The second kappa shape index (κ2) is 12.8. The van der Waals surface area contributed by atoms with Gasteiger partial charge in [-0.15, -0.1) is 0 Å². The van der Waals surface area contributed by atoms with Crippen molar-refractivity contribution in [3.63, 3.8) is 0 Å². The second-order valence-corrected chi connectivity index (χ2v) is 10.6. The normalized spacial score (nSPS) is 17.4. The zero-order chi connectivity index (χ0) is 25.4. The lowest BCUT2D eigenvalue weighted by atomic mass is 10.4. The van der Waals surface area contributed by atoms with Gasteiger partial charge in [-0.2, -0.15) is 4.98 Å². The molecule has 0 radical (unpaired) electrons. The van der Waals surface area contributed by atoms with Crippen molar-refractivity contribution in [3.8, 4) is 0 Å². The van der Waals surface area contributed by atoms with Gasteiger partial charge in [-0.1, -0.05) is 23.2 Å². The standard InChI is InChI=1S/C11H17ClN4O2.C9H12ClN3O3S/c1-8(17)7-13-11-14-9(12)6-10(15-11)16-2-4-18-5-3-16;1-17(14,15)9-11-7(10)6-8(12-9)13-2-4-16-5-3-13/h6,8,17H,2-5,7H2,1H3,(H,13,14,15);6H,2-5H2,1H3/t8-;/m0./s1. The van der Waals surface area contributed by atoms with Crippen LogP contribution in [-0.2, 0) is 19.3 Å². The molecule has 2 saturated heterocycles. The zero-order valence-corrected chi connectivity index (χ0v) is 21.9. The zero-order valence-electron chi connectivity index (χ0n) is 19.5. The van der Waals surface area contributed by atoms with E-state index in [9.17, 15) is 13.5 Å². The molecule has 2 fully saturated rings. The van der Waals surface area contributed by atoms with Gasteiger partial charge < -0.3 is 29.7 Å². The summed E-state index contributed by atoms with van der Waals surface area (Å²) in [5.41, 5.74) is 0. The fourth-order valence-electron chi connectivity index (χ4n) is 3.18. The van der Waals surface area contributed by atoms with Crippen molar-refractivity contribution in [2.45, 2.75) is 18.2 Å². The molecule has 0 aromatic carbocycles. The first-order valence-electron chi connectivity index (χ1n) is 11.0. The van der Waals surface area contributed by atoms with Crippen molar-refractivity contribution in [1.29, 1.82) is 0 Å². The summed E-state index contributed by atoms with van der Waals surface area (Å²) in [4.78, 5) is 20.2. The van der Waals surface area contributed by atoms with Crippen molar-refractivity contribution in [1.82, 2.24) is 19.9 Å². The number of nitrogens with one attached hydrogen (secondary N) is 1. The summed E-state index contributed by atoms with van der Waals surface area (Å²) in [5.74, 6) is 1.74. The molecular formula is C20H29Cl2N7O5S. The van der Waals surface area contributed by atoms with Crippen LogP contribution in [0.25, 0.3) is 0 Å². The summed E-state index contributed by atoms with van der Waals surface area (Å²) in [7, 11) is -3.45. The molecule has 0 aliphatic carbocycles. The molecule has 0 spiro atoms. The maximum Gasteiger partial charge on any atom is 0.250 e. The Labute approximate surface area is 214 Å². The van der Waals surface area contributed by atoms with E-state index in [0.717, 1.165) is 25.2 Å². The predicted octanol–water partition coefficient (Wildman–Crippen LogP) is 1.13. The number of sulfone groups is 1. The first kappa shape index (κ1) is 27.6. The summed E-state index contributed by atoms with van der Waals surface area (Å²) in [5, 5.41) is 12.4. The van der Waals surface area contributed by atoms with E-state index in [4.69, 9.17) is 32.7 Å². The van der Waals surface area contributed by atoms with Crippen LogP contribution in [0.2, 0.25) is 10.3 Å². The van der Waals surface area contributed by atoms with Gasteiger partial charge in [0.1, 0.15) is 21.9 Å². The van der Waals surface area contributed by atoms with Crippen molar-refractivity contribution in [2.24, 2.45) is 0 Å². The largest absolute Gasteiger partial charge is 0.392 e. The molecule has 4 rings (SSSR count). The Morgan fingerprint density at radius 2 is 1.43 bits per heavy atom. The van der Waals surface area contributed by atoms with E-state index >= 15 is 0 Å². The lowest BCUT2D eigenvalue weighted by molar-refractivity contribution is 0.122. The number of hydrogen-bond acceptors (Lipinski definition) is 12. The molecule has 0 amide bonds. The number of aromatic nitrogens is 4. The number of morpholine rings is 2. The Hall–Kier alpha value is -2.03. The van der Waals surface area contributed by atoms with E-state index in [0.29, 0.717) is 63.0 Å². The molecule has 0 saturated carbocycles. The number of halogens is 2. The third-order valence-corrected chi connectivity index (χ3v) is 6.13. The molecule has 4 heterocycles. The highest BCUT2D eigenvalue weighted by molar-refractivity contribution is 7.90. The summed E-state index contributed by atoms with van der Waals surface area (Å²) in [6.07, 6.45) is 0.598. The van der Waals surface area contributed by atoms with Gasteiger partial charge in [-0.3, -0.25) is 0 Å². The minimum atomic E-state index is -3.45. The molecule has 194 valence electrons. The van der Waals surface area contributed by atoms with E-state index in [-0.39, 0.29) is 10.3 Å². The fourth-order valence-corrected chi connectivity index (χ4v) is 4.11. The highest BCUT2D eigenvalue weighted by atomic mass is 35.5. The maximum atomic E-state index is 11.4. The molecule has 2 N–H and O–H groups in total. The van der Waals surface area contributed by atoms with Gasteiger partial charge in [0.2, 0.25) is 20.9 Å². The first-order chi connectivity index (χ1) is 16.6. The Morgan fingerprint density at radius 1 is 0.943 bits per heavy atom. The number of aliphatic hydroxyl groups excluding tert-OH is 1. The quantitative estimate of drug-likeness (QED) is 0.393. The third kappa shape index (κ3) is 8.85. The van der Waals surface area contributed by atoms with Crippen LogP contribution in [0.3, 0.4) is 0 Å². The molecule has 0 bridgehead atoms. The van der Waals surface area contributed by atoms with Crippen molar-refractivity contribution < 1.29 is 23.0 Å². The third-order valence-electron chi connectivity index (χ3n) is 4.90. The van der Waals surface area contributed by atoms with E-state index < -0.39 is 15.9 Å². The molecule has 2 aromatic rings. The van der Waals surface area contributed by atoms with Gasteiger partial charge in [0.25, 0.3) is 0 Å². The Kier molecular flexibility index (Phi) is 10.1. The summed E-state index contributed by atoms with van der Waals surface area (Å²) in [6, 6.07) is 3.29. The highest BCUT2D eigenvalue weighted by Crippen LogP contribution is 2.20. The molecule has 35 heavy (non-hydrogen) atoms. The summed E-state index contributed by atoms with van der Waals surface area (Å²) < 4.78 is 33.3. The predicted molar refractivity (Wildman–Crippen MR) is 133 cm³/mol. The van der Waals surface area contributed by atoms with E-state index in [1.54, 1.807) is 19.1 Å². The minimum absolute atomic E-state index is 0.127. The van der Waals surface area contributed by atoms with Crippen LogP contribution in [-0.4, -0.2) is 105 Å². The topological polar surface area (TPSA) is 143 Å². The number of ether oxygens (including phenoxy) is 2. The molecule has 2 aliphatic heterocycles. The van der Waals surface area contributed by atoms with E-state index in [1.165, 1.54) is 0 Å². The van der Waals surface area contributed by atoms with Gasteiger partial charge >= 0.3 is 0 Å². The van der Waals surface area contributed by atoms with Gasteiger partial charge in [0, 0.05) is 51.1 Å². The molecular weight excluding hydrogens is 521 g/mol. The molecule has 1 atom stereocenters. The minimum Gasteiger partial charge on any atom is -0.392 e. The average molecular weight is 550 g/mol. The van der Waals surface area contributed by atoms with Crippen LogP contribution >= 0.6 is 23.2 Å². The van der Waals surface area contributed by atoms with Crippen molar-refractivity contribution >= 4 is 50.6 Å². The fraction of sp³-hybridized carbons (Fsp3) is 0.600. The van der Waals surface area contributed by atoms with E-state index in [2.05, 4.69) is 30.2 Å². The SMILES string of the molecule is CS(=O)(=O)c1nc(Cl)cc(N2CCOCC2)n1.C[C@H](O)CNc1nc(Cl)cc(N2CCOCC2)n1. The summed E-state index contributed by atoms with van der Waals surface area (Å²) in [6.45, 7) is 7.57. The lowest BCUT2D eigenvalue weighted by Gasteiger charge is -2.28. The Balaban J connectivity index is 0.000000196. The lowest BCUT2D eigenvalue weighted by Crippen LogP contribution is -2.37. The van der Waals surface area contributed by atoms with Gasteiger partial charge in [0.05, 0.1) is 32.5 Å². The number of aliphatic hydroxyl groups is 1. The number of rotatable bonds is 6. The van der Waals surface area contributed by atoms with Gasteiger partial charge in [-0.25, -0.2) is 23.4 Å². The smallest absolute Gasteiger partial charge is 0.250 e.